The second-order valence-corrected chi connectivity index (χ2v) is 3.03. The van der Waals surface area contributed by atoms with E-state index in [4.69, 9.17) is 4.74 Å². The quantitative estimate of drug-likeness (QED) is 0.661. The van der Waals surface area contributed by atoms with Crippen molar-refractivity contribution in [2.24, 2.45) is 5.92 Å². The number of ether oxygens (including phenoxy) is 1. The molecule has 1 rings (SSSR count). The molecule has 10 heavy (non-hydrogen) atoms. The number of hydrogen-bond acceptors (Lipinski definition) is 2. The van der Waals surface area contributed by atoms with Crippen LogP contribution in [-0.4, -0.2) is 25.8 Å². The van der Waals surface area contributed by atoms with Gasteiger partial charge in [-0.25, -0.2) is 0 Å². The summed E-state index contributed by atoms with van der Waals surface area (Å²) >= 11 is 0. The van der Waals surface area contributed by atoms with Gasteiger partial charge in [0, 0.05) is 20.2 Å². The molecule has 0 bridgehead atoms. The molecule has 0 aromatic rings. The maximum Gasteiger partial charge on any atom is 0.0948 e. The first kappa shape index (κ1) is 10.2. The highest BCUT2D eigenvalue weighted by Crippen LogP contribution is 2.24. The topological polar surface area (TPSA) is 21.3 Å². The van der Waals surface area contributed by atoms with Crippen LogP contribution >= 0.6 is 12.4 Å². The second kappa shape index (κ2) is 3.56. The molecule has 1 saturated heterocycles. The van der Waals surface area contributed by atoms with Crippen LogP contribution in [0.15, 0.2) is 0 Å². The first-order valence-corrected chi connectivity index (χ1v) is 3.47. The van der Waals surface area contributed by atoms with E-state index in [0.29, 0.717) is 5.92 Å². The predicted molar refractivity (Wildman–Crippen MR) is 44.7 cm³/mol. The Kier molecular flexibility index (Phi) is 3.63. The predicted octanol–water partition coefficient (Wildman–Crippen LogP) is 1.05. The fourth-order valence-electron chi connectivity index (χ4n) is 1.16. The third-order valence-corrected chi connectivity index (χ3v) is 2.31. The number of nitrogens with one attached hydrogen (secondary N) is 1. The summed E-state index contributed by atoms with van der Waals surface area (Å²) in [6.45, 7) is 6.43. The fourth-order valence-corrected chi connectivity index (χ4v) is 1.16. The number of rotatable bonds is 2. The zero-order valence-electron chi connectivity index (χ0n) is 6.81. The fraction of sp³-hybridized carbons (Fsp3) is 1.00. The average Bonchev–Trinajstić information content (AvgIpc) is 1.62. The molecule has 3 heteroatoms. The van der Waals surface area contributed by atoms with Gasteiger partial charge in [0.2, 0.25) is 0 Å². The van der Waals surface area contributed by atoms with Crippen LogP contribution in [0.2, 0.25) is 0 Å². The van der Waals surface area contributed by atoms with Gasteiger partial charge in [-0.3, -0.25) is 0 Å². The van der Waals surface area contributed by atoms with Crippen LogP contribution in [-0.2, 0) is 4.74 Å². The van der Waals surface area contributed by atoms with E-state index in [-0.39, 0.29) is 18.0 Å². The minimum Gasteiger partial charge on any atom is -0.375 e. The smallest absolute Gasteiger partial charge is 0.0948 e. The maximum absolute atomic E-state index is 5.37. The van der Waals surface area contributed by atoms with E-state index in [2.05, 4.69) is 19.2 Å². The van der Waals surface area contributed by atoms with Crippen molar-refractivity contribution in [3.05, 3.63) is 0 Å². The van der Waals surface area contributed by atoms with Crippen LogP contribution in [0.3, 0.4) is 0 Å². The molecule has 1 fully saturated rings. The van der Waals surface area contributed by atoms with E-state index in [1.165, 1.54) is 0 Å². The Bertz CT molecular complexity index is 96.3. The van der Waals surface area contributed by atoms with E-state index in [1.54, 1.807) is 7.11 Å². The zero-order chi connectivity index (χ0) is 6.91. The standard InChI is InChI=1S/C7H15NO.ClH/c1-6(2)7(9-3)4-8-5-7;/h6,8H,4-5H2,1-3H3;1H. The van der Waals surface area contributed by atoms with Gasteiger partial charge in [0.15, 0.2) is 0 Å². The highest BCUT2D eigenvalue weighted by atomic mass is 35.5. The molecule has 0 aromatic heterocycles. The summed E-state index contributed by atoms with van der Waals surface area (Å²) in [5.74, 6) is 0.628. The van der Waals surface area contributed by atoms with Crippen molar-refractivity contribution in [3.63, 3.8) is 0 Å². The summed E-state index contributed by atoms with van der Waals surface area (Å²) in [6.07, 6.45) is 0. The molecule has 0 radical (unpaired) electrons. The van der Waals surface area contributed by atoms with E-state index in [0.717, 1.165) is 13.1 Å². The van der Waals surface area contributed by atoms with Crippen LogP contribution in [0, 0.1) is 5.92 Å². The molecular formula is C7H16ClNO. The maximum atomic E-state index is 5.37. The summed E-state index contributed by atoms with van der Waals surface area (Å²) < 4.78 is 5.37. The molecule has 62 valence electrons. The number of methoxy groups -OCH3 is 1. The third kappa shape index (κ3) is 1.44. The van der Waals surface area contributed by atoms with Crippen LogP contribution < -0.4 is 5.32 Å². The SMILES string of the molecule is COC1(C(C)C)CNC1.Cl. The first-order chi connectivity index (χ1) is 4.21. The van der Waals surface area contributed by atoms with Crippen molar-refractivity contribution in [1.82, 2.24) is 5.32 Å². The minimum absolute atomic E-state index is 0. The number of hydrogen-bond donors (Lipinski definition) is 1. The van der Waals surface area contributed by atoms with Crippen LogP contribution in [0.5, 0.6) is 0 Å². The van der Waals surface area contributed by atoms with Crippen molar-refractivity contribution in [2.45, 2.75) is 19.4 Å². The van der Waals surface area contributed by atoms with Crippen molar-refractivity contribution in [2.75, 3.05) is 20.2 Å². The van der Waals surface area contributed by atoms with Crippen molar-refractivity contribution >= 4 is 12.4 Å². The van der Waals surface area contributed by atoms with Gasteiger partial charge in [-0.15, -0.1) is 12.4 Å². The second-order valence-electron chi connectivity index (χ2n) is 3.03. The molecule has 0 saturated carbocycles. The van der Waals surface area contributed by atoms with Crippen molar-refractivity contribution in [1.29, 1.82) is 0 Å². The van der Waals surface area contributed by atoms with Gasteiger partial charge in [-0.2, -0.15) is 0 Å². The normalized spacial score (nSPS) is 21.6. The van der Waals surface area contributed by atoms with Gasteiger partial charge in [-0.1, -0.05) is 13.8 Å². The number of halogens is 1. The Morgan fingerprint density at radius 1 is 1.40 bits per heavy atom. The van der Waals surface area contributed by atoms with E-state index >= 15 is 0 Å². The van der Waals surface area contributed by atoms with Gasteiger partial charge < -0.3 is 10.1 Å². The molecule has 1 N–H and O–H groups in total. The molecule has 0 amide bonds. The zero-order valence-corrected chi connectivity index (χ0v) is 7.62. The Hall–Kier alpha value is 0.210. The molecule has 1 heterocycles. The highest BCUT2D eigenvalue weighted by molar-refractivity contribution is 5.85. The van der Waals surface area contributed by atoms with E-state index in [1.807, 2.05) is 0 Å². The largest absolute Gasteiger partial charge is 0.375 e. The van der Waals surface area contributed by atoms with Gasteiger partial charge >= 0.3 is 0 Å². The molecular weight excluding hydrogens is 150 g/mol. The van der Waals surface area contributed by atoms with Gasteiger partial charge in [0.25, 0.3) is 0 Å². The molecule has 1 aliphatic rings. The van der Waals surface area contributed by atoms with Crippen molar-refractivity contribution < 1.29 is 4.74 Å². The first-order valence-electron chi connectivity index (χ1n) is 3.47. The summed E-state index contributed by atoms with van der Waals surface area (Å²) in [4.78, 5) is 0. The van der Waals surface area contributed by atoms with Crippen molar-refractivity contribution in [3.8, 4) is 0 Å². The van der Waals surface area contributed by atoms with E-state index < -0.39 is 0 Å². The Morgan fingerprint density at radius 3 is 1.90 bits per heavy atom. The molecule has 0 aliphatic carbocycles. The third-order valence-electron chi connectivity index (χ3n) is 2.31. The lowest BCUT2D eigenvalue weighted by atomic mass is 9.85. The van der Waals surface area contributed by atoms with Crippen LogP contribution in [0.4, 0.5) is 0 Å². The molecule has 0 unspecified atom stereocenters. The summed E-state index contributed by atoms with van der Waals surface area (Å²) in [6, 6.07) is 0. The Morgan fingerprint density at radius 2 is 1.90 bits per heavy atom. The molecule has 1 aliphatic heterocycles. The van der Waals surface area contributed by atoms with Gasteiger partial charge in [0.05, 0.1) is 5.60 Å². The minimum atomic E-state index is 0. The average molecular weight is 166 g/mol. The van der Waals surface area contributed by atoms with E-state index in [9.17, 15) is 0 Å². The molecule has 2 nitrogen and oxygen atoms in total. The van der Waals surface area contributed by atoms with Gasteiger partial charge in [-0.05, 0) is 5.92 Å². The molecule has 0 spiro atoms. The Balaban J connectivity index is 0.000000810. The lowest BCUT2D eigenvalue weighted by Crippen LogP contribution is -2.63. The summed E-state index contributed by atoms with van der Waals surface area (Å²) in [5.41, 5.74) is 0.153. The van der Waals surface area contributed by atoms with Crippen LogP contribution in [0.1, 0.15) is 13.8 Å². The van der Waals surface area contributed by atoms with Gasteiger partial charge in [0.1, 0.15) is 0 Å². The molecule has 0 atom stereocenters. The monoisotopic (exact) mass is 165 g/mol. The summed E-state index contributed by atoms with van der Waals surface area (Å²) in [7, 11) is 1.79. The van der Waals surface area contributed by atoms with Crippen LogP contribution in [0.25, 0.3) is 0 Å². The Labute approximate surface area is 68.7 Å². The lowest BCUT2D eigenvalue weighted by Gasteiger charge is -2.44. The summed E-state index contributed by atoms with van der Waals surface area (Å²) in [5, 5.41) is 3.21. The molecule has 0 aromatic carbocycles. The highest BCUT2D eigenvalue weighted by Gasteiger charge is 2.39. The lowest BCUT2D eigenvalue weighted by molar-refractivity contribution is -0.0850.